The summed E-state index contributed by atoms with van der Waals surface area (Å²) in [6.07, 6.45) is 5.23. The Kier molecular flexibility index (Phi) is 6.39. The number of aryl methyl sites for hydroxylation is 1. The first-order valence-corrected chi connectivity index (χ1v) is 15.4. The summed E-state index contributed by atoms with van der Waals surface area (Å²) in [4.78, 5) is 29.4. The molecule has 0 unspecified atom stereocenters. The number of halogens is 2. The predicted octanol–water partition coefficient (Wildman–Crippen LogP) is 4.82. The van der Waals surface area contributed by atoms with Crippen molar-refractivity contribution in [3.05, 3.63) is 16.7 Å². The molecule has 220 valence electrons. The molecule has 41 heavy (non-hydrogen) atoms. The van der Waals surface area contributed by atoms with Crippen LogP contribution in [-0.4, -0.2) is 97.8 Å². The second-order valence-corrected chi connectivity index (χ2v) is 14.0. The number of rotatable bonds is 4. The number of fused-ring (bicyclic) bond motifs is 6. The predicted molar refractivity (Wildman–Crippen MR) is 157 cm³/mol. The van der Waals surface area contributed by atoms with Crippen LogP contribution in [0.2, 0.25) is 0 Å². The Balaban J connectivity index is 1.25. The van der Waals surface area contributed by atoms with E-state index in [0.29, 0.717) is 38.7 Å². The first kappa shape index (κ1) is 27.1. The van der Waals surface area contributed by atoms with E-state index in [9.17, 15) is 9.18 Å². The number of benzene rings is 1. The van der Waals surface area contributed by atoms with Crippen molar-refractivity contribution >= 4 is 49.6 Å². The summed E-state index contributed by atoms with van der Waals surface area (Å²) in [5, 5.41) is 6.54. The first-order valence-electron chi connectivity index (χ1n) is 14.6. The zero-order chi connectivity index (χ0) is 28.7. The molecule has 0 spiro atoms. The van der Waals surface area contributed by atoms with Gasteiger partial charge in [0.15, 0.2) is 0 Å². The average molecular weight is 631 g/mol. The monoisotopic (exact) mass is 629 g/mol. The first-order chi connectivity index (χ1) is 19.5. The van der Waals surface area contributed by atoms with Gasteiger partial charge in [0, 0.05) is 49.2 Å². The average Bonchev–Trinajstić information content (AvgIpc) is 3.61. The summed E-state index contributed by atoms with van der Waals surface area (Å²) in [6.45, 7) is 8.73. The molecule has 0 saturated carbocycles. The molecule has 6 heterocycles. The maximum atomic E-state index is 14.4. The second-order valence-electron chi connectivity index (χ2n) is 13.2. The fraction of sp³-hybridized carbons (Fsp3) is 0.655. The molecule has 2 aromatic heterocycles. The lowest BCUT2D eigenvalue weighted by Crippen LogP contribution is -2.57. The molecule has 0 N–H and O–H groups in total. The summed E-state index contributed by atoms with van der Waals surface area (Å²) >= 11 is 3.69. The lowest BCUT2D eigenvalue weighted by atomic mass is 9.95. The van der Waals surface area contributed by atoms with E-state index in [1.807, 2.05) is 45.0 Å². The fourth-order valence-electron chi connectivity index (χ4n) is 7.47. The molecular formula is C29H37BrFN7O3. The van der Waals surface area contributed by atoms with E-state index in [1.54, 1.807) is 4.68 Å². The van der Waals surface area contributed by atoms with E-state index in [0.717, 1.165) is 64.3 Å². The zero-order valence-electron chi connectivity index (χ0n) is 24.1. The fourth-order valence-corrected chi connectivity index (χ4v) is 7.98. The third-order valence-electron chi connectivity index (χ3n) is 9.10. The summed E-state index contributed by atoms with van der Waals surface area (Å²) in [5.41, 5.74) is 0.770. The Morgan fingerprint density at radius 2 is 1.95 bits per heavy atom. The van der Waals surface area contributed by atoms with E-state index in [4.69, 9.17) is 19.4 Å². The van der Waals surface area contributed by atoms with E-state index < -0.39 is 11.8 Å². The lowest BCUT2D eigenvalue weighted by Gasteiger charge is -2.42. The van der Waals surface area contributed by atoms with Crippen LogP contribution in [0, 0.1) is 0 Å². The maximum Gasteiger partial charge on any atom is 0.410 e. The highest BCUT2D eigenvalue weighted by molar-refractivity contribution is 9.10. The van der Waals surface area contributed by atoms with Gasteiger partial charge in [0.1, 0.15) is 29.7 Å². The molecule has 0 radical (unpaired) electrons. The van der Waals surface area contributed by atoms with Crippen LogP contribution in [0.4, 0.5) is 15.0 Å². The molecular weight excluding hydrogens is 593 g/mol. The number of ether oxygens (including phenoxy) is 2. The Bertz CT molecular complexity index is 1510. The largest absolute Gasteiger partial charge is 0.461 e. The minimum Gasteiger partial charge on any atom is -0.461 e. The third-order valence-corrected chi connectivity index (χ3v) is 9.71. The number of carbonyl (C=O) groups excluding carboxylic acids is 1. The molecule has 1 aromatic carbocycles. The molecule has 4 aliphatic rings. The minimum absolute atomic E-state index is 0.0312. The van der Waals surface area contributed by atoms with E-state index in [2.05, 4.69) is 30.8 Å². The van der Waals surface area contributed by atoms with Crippen LogP contribution in [-0.2, 0) is 11.8 Å². The molecule has 4 fully saturated rings. The highest BCUT2D eigenvalue weighted by Crippen LogP contribution is 2.42. The van der Waals surface area contributed by atoms with Crippen molar-refractivity contribution in [3.8, 4) is 6.01 Å². The van der Waals surface area contributed by atoms with E-state index >= 15 is 0 Å². The minimum atomic E-state index is -0.821. The Hall–Kier alpha value is -2.73. The lowest BCUT2D eigenvalue weighted by molar-refractivity contribution is 0.0122. The Labute approximate surface area is 247 Å². The van der Waals surface area contributed by atoms with Crippen molar-refractivity contribution in [2.75, 3.05) is 37.7 Å². The maximum absolute atomic E-state index is 14.4. The van der Waals surface area contributed by atoms with Crippen LogP contribution in [0.25, 0.3) is 21.8 Å². The van der Waals surface area contributed by atoms with Gasteiger partial charge in [0.2, 0.25) is 0 Å². The molecule has 4 saturated heterocycles. The van der Waals surface area contributed by atoms with Crippen molar-refractivity contribution in [1.29, 1.82) is 0 Å². The van der Waals surface area contributed by atoms with Crippen molar-refractivity contribution in [2.24, 2.45) is 7.05 Å². The van der Waals surface area contributed by atoms with Gasteiger partial charge in [0.05, 0.1) is 28.5 Å². The van der Waals surface area contributed by atoms with E-state index in [1.165, 1.54) is 0 Å². The number of carbonyl (C=O) groups is 1. The molecule has 2 bridgehead atoms. The number of piperazine rings is 1. The molecule has 4 atom stereocenters. The van der Waals surface area contributed by atoms with Gasteiger partial charge in [-0.25, -0.2) is 9.18 Å². The normalized spacial score (nSPS) is 28.2. The van der Waals surface area contributed by atoms with Gasteiger partial charge < -0.3 is 14.4 Å². The number of anilines is 1. The topological polar surface area (TPSA) is 88.9 Å². The summed E-state index contributed by atoms with van der Waals surface area (Å²) < 4.78 is 29.2. The number of nitrogens with zero attached hydrogens (tertiary/aromatic N) is 7. The van der Waals surface area contributed by atoms with Crippen LogP contribution in [0.3, 0.4) is 0 Å². The van der Waals surface area contributed by atoms with Gasteiger partial charge in [0.25, 0.3) is 0 Å². The van der Waals surface area contributed by atoms with Crippen LogP contribution >= 0.6 is 15.9 Å². The van der Waals surface area contributed by atoms with Gasteiger partial charge in [-0.05, 0) is 75.0 Å². The third kappa shape index (κ3) is 4.70. The Morgan fingerprint density at radius 3 is 2.68 bits per heavy atom. The molecule has 10 nitrogen and oxygen atoms in total. The summed E-state index contributed by atoms with van der Waals surface area (Å²) in [6, 6.07) is 2.34. The van der Waals surface area contributed by atoms with Crippen LogP contribution in [0.15, 0.2) is 16.7 Å². The van der Waals surface area contributed by atoms with Crippen molar-refractivity contribution in [2.45, 2.75) is 82.3 Å². The number of amides is 1. The standard InChI is InChI=1S/C29H37BrFN7O3/c1-28(2,3)41-27(39)38-18-6-7-19(38)14-36(13-18)25-23-20-15-35(4)34-24(20)21(30)10-22(23)32-26(33-25)40-16-29-8-5-9-37(29)12-17(31)11-29/h10,15,17-19H,5-9,11-14,16H2,1-4H3/t17-,18-,19+,29+/m1/s1. The van der Waals surface area contributed by atoms with E-state index in [-0.39, 0.29) is 23.7 Å². The number of alkyl halides is 1. The molecule has 1 amide bonds. The van der Waals surface area contributed by atoms with Gasteiger partial charge in [-0.1, -0.05) is 0 Å². The van der Waals surface area contributed by atoms with Crippen molar-refractivity contribution < 1.29 is 18.7 Å². The number of hydrogen-bond donors (Lipinski definition) is 0. The van der Waals surface area contributed by atoms with Gasteiger partial charge in [-0.15, -0.1) is 0 Å². The molecule has 3 aromatic rings. The van der Waals surface area contributed by atoms with Crippen molar-refractivity contribution in [1.82, 2.24) is 29.5 Å². The Morgan fingerprint density at radius 1 is 1.20 bits per heavy atom. The highest BCUT2D eigenvalue weighted by Gasteiger charge is 2.50. The molecule has 12 heteroatoms. The molecule has 7 rings (SSSR count). The SMILES string of the molecule is Cn1cc2c(n1)c(Br)cc1nc(OC[C@@]34CCCN3C[C@H](F)C4)nc(N3C[C@H]4CC[C@@H](C3)N4C(=O)OC(C)(C)C)c12. The van der Waals surface area contributed by atoms with Gasteiger partial charge >= 0.3 is 12.1 Å². The van der Waals surface area contributed by atoms with Crippen LogP contribution < -0.4 is 9.64 Å². The smallest absolute Gasteiger partial charge is 0.410 e. The number of hydrogen-bond acceptors (Lipinski definition) is 8. The molecule has 4 aliphatic heterocycles. The highest BCUT2D eigenvalue weighted by atomic mass is 79.9. The second kappa shape index (κ2) is 9.65. The van der Waals surface area contributed by atoms with Crippen LogP contribution in [0.1, 0.15) is 52.9 Å². The van der Waals surface area contributed by atoms with Crippen molar-refractivity contribution in [3.63, 3.8) is 0 Å². The number of aromatic nitrogens is 4. The van der Waals surface area contributed by atoms with Gasteiger partial charge in [-0.3, -0.25) is 14.5 Å². The van der Waals surface area contributed by atoms with Crippen LogP contribution in [0.5, 0.6) is 6.01 Å². The summed E-state index contributed by atoms with van der Waals surface area (Å²) in [5.74, 6) is 0.784. The molecule has 0 aliphatic carbocycles. The summed E-state index contributed by atoms with van der Waals surface area (Å²) in [7, 11) is 1.91. The zero-order valence-corrected chi connectivity index (χ0v) is 25.7. The quantitative estimate of drug-likeness (QED) is 0.406. The van der Waals surface area contributed by atoms with Gasteiger partial charge in [-0.2, -0.15) is 15.1 Å².